The van der Waals surface area contributed by atoms with E-state index >= 15 is 0 Å². The fraction of sp³-hybridized carbons (Fsp3) is 0.417. The van der Waals surface area contributed by atoms with Crippen LogP contribution in [-0.2, 0) is 4.79 Å². The zero-order valence-corrected chi connectivity index (χ0v) is 9.07. The molecule has 0 saturated heterocycles. The van der Waals surface area contributed by atoms with E-state index in [9.17, 15) is 4.79 Å². The average molecular weight is 220 g/mol. The third kappa shape index (κ3) is 2.52. The molecule has 1 saturated carbocycles. The number of phenolic OH excluding ortho intramolecular Hbond substituents is 1. The van der Waals surface area contributed by atoms with Crippen molar-refractivity contribution in [3.63, 3.8) is 0 Å². The molecule has 0 spiro atoms. The van der Waals surface area contributed by atoms with E-state index in [0.717, 1.165) is 19.3 Å². The van der Waals surface area contributed by atoms with Crippen LogP contribution in [0.4, 0.5) is 5.69 Å². The number of benzene rings is 1. The molecular formula is C12H16N2O2. The predicted molar refractivity (Wildman–Crippen MR) is 62.1 cm³/mol. The van der Waals surface area contributed by atoms with E-state index in [1.807, 2.05) is 0 Å². The Hall–Kier alpha value is -1.55. The van der Waals surface area contributed by atoms with Crippen LogP contribution in [0.25, 0.3) is 0 Å². The van der Waals surface area contributed by atoms with Crippen molar-refractivity contribution in [2.24, 2.45) is 5.73 Å². The van der Waals surface area contributed by atoms with Gasteiger partial charge in [-0.1, -0.05) is 0 Å². The Morgan fingerprint density at radius 2 is 2.00 bits per heavy atom. The number of phenols is 1. The van der Waals surface area contributed by atoms with E-state index < -0.39 is 0 Å². The standard InChI is InChI=1S/C12H16N2O2/c13-12(6-1-7-12)8-11(16)14-9-2-4-10(15)5-3-9/h2-5,15H,1,6-8,13H2,(H,14,16). The Morgan fingerprint density at radius 3 is 2.50 bits per heavy atom. The highest BCUT2D eigenvalue weighted by atomic mass is 16.3. The Balaban J connectivity index is 1.89. The molecule has 1 amide bonds. The van der Waals surface area contributed by atoms with Crippen molar-refractivity contribution in [1.82, 2.24) is 0 Å². The Kier molecular flexibility index (Phi) is 2.83. The number of hydrogen-bond acceptors (Lipinski definition) is 3. The fourth-order valence-electron chi connectivity index (χ4n) is 1.88. The molecule has 4 heteroatoms. The predicted octanol–water partition coefficient (Wildman–Crippen LogP) is 1.60. The molecule has 1 aromatic carbocycles. The lowest BCUT2D eigenvalue weighted by molar-refractivity contribution is -0.118. The highest BCUT2D eigenvalue weighted by Crippen LogP contribution is 2.32. The molecule has 4 N–H and O–H groups in total. The smallest absolute Gasteiger partial charge is 0.226 e. The van der Waals surface area contributed by atoms with Crippen LogP contribution in [0, 0.1) is 0 Å². The maximum Gasteiger partial charge on any atom is 0.226 e. The monoisotopic (exact) mass is 220 g/mol. The molecular weight excluding hydrogens is 204 g/mol. The van der Waals surface area contributed by atoms with Crippen molar-refractivity contribution in [2.45, 2.75) is 31.2 Å². The molecule has 1 fully saturated rings. The van der Waals surface area contributed by atoms with Crippen LogP contribution in [0.3, 0.4) is 0 Å². The quantitative estimate of drug-likeness (QED) is 0.677. The van der Waals surface area contributed by atoms with Crippen LogP contribution in [0.5, 0.6) is 5.75 Å². The van der Waals surface area contributed by atoms with Gasteiger partial charge in [0.2, 0.25) is 5.91 Å². The van der Waals surface area contributed by atoms with Gasteiger partial charge in [0.05, 0.1) is 0 Å². The summed E-state index contributed by atoms with van der Waals surface area (Å²) in [6.45, 7) is 0. The summed E-state index contributed by atoms with van der Waals surface area (Å²) in [6.07, 6.45) is 3.34. The van der Waals surface area contributed by atoms with Crippen molar-refractivity contribution in [3.05, 3.63) is 24.3 Å². The number of anilines is 1. The SMILES string of the molecule is NC1(CC(=O)Nc2ccc(O)cc2)CCC1. The summed E-state index contributed by atoms with van der Waals surface area (Å²) < 4.78 is 0. The molecule has 1 aliphatic rings. The molecule has 0 atom stereocenters. The lowest BCUT2D eigenvalue weighted by Crippen LogP contribution is -2.48. The summed E-state index contributed by atoms with van der Waals surface area (Å²) in [7, 11) is 0. The van der Waals surface area contributed by atoms with E-state index in [1.165, 1.54) is 12.1 Å². The van der Waals surface area contributed by atoms with Gasteiger partial charge in [0.1, 0.15) is 5.75 Å². The largest absolute Gasteiger partial charge is 0.508 e. The van der Waals surface area contributed by atoms with Crippen LogP contribution in [0.15, 0.2) is 24.3 Å². The Morgan fingerprint density at radius 1 is 1.38 bits per heavy atom. The third-order valence-electron chi connectivity index (χ3n) is 3.01. The van der Waals surface area contributed by atoms with E-state index in [1.54, 1.807) is 12.1 Å². The zero-order valence-electron chi connectivity index (χ0n) is 9.07. The van der Waals surface area contributed by atoms with E-state index in [-0.39, 0.29) is 17.2 Å². The zero-order chi connectivity index (χ0) is 11.6. The second-order valence-electron chi connectivity index (χ2n) is 4.49. The molecule has 0 radical (unpaired) electrons. The normalized spacial score (nSPS) is 17.6. The maximum absolute atomic E-state index is 11.7. The van der Waals surface area contributed by atoms with Crippen molar-refractivity contribution in [3.8, 4) is 5.75 Å². The summed E-state index contributed by atoms with van der Waals surface area (Å²) >= 11 is 0. The molecule has 0 aromatic heterocycles. The van der Waals surface area contributed by atoms with Gasteiger partial charge in [0, 0.05) is 17.6 Å². The molecule has 0 unspecified atom stereocenters. The summed E-state index contributed by atoms with van der Waals surface area (Å²) in [5.41, 5.74) is 6.38. The first-order chi connectivity index (χ1) is 7.57. The summed E-state index contributed by atoms with van der Waals surface area (Å²) in [6, 6.07) is 6.41. The number of hydrogen-bond donors (Lipinski definition) is 3. The van der Waals surface area contributed by atoms with Crippen LogP contribution in [0.2, 0.25) is 0 Å². The number of rotatable bonds is 3. The van der Waals surface area contributed by atoms with Crippen LogP contribution >= 0.6 is 0 Å². The van der Waals surface area contributed by atoms with E-state index in [0.29, 0.717) is 12.1 Å². The average Bonchev–Trinajstić information content (AvgIpc) is 2.19. The van der Waals surface area contributed by atoms with Gasteiger partial charge in [-0.15, -0.1) is 0 Å². The molecule has 0 bridgehead atoms. The molecule has 2 rings (SSSR count). The van der Waals surface area contributed by atoms with Crippen LogP contribution in [0.1, 0.15) is 25.7 Å². The second-order valence-corrected chi connectivity index (χ2v) is 4.49. The first-order valence-electron chi connectivity index (χ1n) is 5.45. The highest BCUT2D eigenvalue weighted by molar-refractivity contribution is 5.91. The Bertz CT molecular complexity index is 383. The Labute approximate surface area is 94.5 Å². The highest BCUT2D eigenvalue weighted by Gasteiger charge is 2.34. The topological polar surface area (TPSA) is 75.4 Å². The molecule has 86 valence electrons. The van der Waals surface area contributed by atoms with Gasteiger partial charge in [0.25, 0.3) is 0 Å². The number of carbonyl (C=O) groups is 1. The van der Waals surface area contributed by atoms with Gasteiger partial charge in [-0.25, -0.2) is 0 Å². The van der Waals surface area contributed by atoms with Gasteiger partial charge >= 0.3 is 0 Å². The van der Waals surface area contributed by atoms with Crippen molar-refractivity contribution < 1.29 is 9.90 Å². The summed E-state index contributed by atoms with van der Waals surface area (Å²) in [5, 5.41) is 11.9. The summed E-state index contributed by atoms with van der Waals surface area (Å²) in [4.78, 5) is 11.7. The minimum absolute atomic E-state index is 0.0621. The number of nitrogens with one attached hydrogen (secondary N) is 1. The minimum Gasteiger partial charge on any atom is -0.508 e. The van der Waals surface area contributed by atoms with Gasteiger partial charge in [-0.3, -0.25) is 4.79 Å². The lowest BCUT2D eigenvalue weighted by Gasteiger charge is -2.37. The third-order valence-corrected chi connectivity index (χ3v) is 3.01. The minimum atomic E-state index is -0.291. The van der Waals surface area contributed by atoms with Crippen LogP contribution in [-0.4, -0.2) is 16.6 Å². The first-order valence-corrected chi connectivity index (χ1v) is 5.45. The van der Waals surface area contributed by atoms with Gasteiger partial charge in [-0.2, -0.15) is 0 Å². The number of nitrogens with two attached hydrogens (primary N) is 1. The molecule has 0 heterocycles. The number of amides is 1. The van der Waals surface area contributed by atoms with Crippen molar-refractivity contribution >= 4 is 11.6 Å². The van der Waals surface area contributed by atoms with Crippen molar-refractivity contribution in [2.75, 3.05) is 5.32 Å². The maximum atomic E-state index is 11.7. The molecule has 0 aliphatic heterocycles. The van der Waals surface area contributed by atoms with Crippen LogP contribution < -0.4 is 11.1 Å². The number of aromatic hydroxyl groups is 1. The molecule has 1 aliphatic carbocycles. The lowest BCUT2D eigenvalue weighted by atomic mass is 9.75. The van der Waals surface area contributed by atoms with E-state index in [4.69, 9.17) is 10.8 Å². The van der Waals surface area contributed by atoms with E-state index in [2.05, 4.69) is 5.32 Å². The van der Waals surface area contributed by atoms with Gasteiger partial charge < -0.3 is 16.2 Å². The van der Waals surface area contributed by atoms with Gasteiger partial charge in [-0.05, 0) is 43.5 Å². The summed E-state index contributed by atoms with van der Waals surface area (Å²) in [5.74, 6) is 0.125. The first kappa shape index (κ1) is 11.0. The second kappa shape index (κ2) is 4.14. The number of carbonyl (C=O) groups excluding carboxylic acids is 1. The molecule has 4 nitrogen and oxygen atoms in total. The van der Waals surface area contributed by atoms with Crippen molar-refractivity contribution in [1.29, 1.82) is 0 Å². The van der Waals surface area contributed by atoms with Gasteiger partial charge in [0.15, 0.2) is 0 Å². The fourth-order valence-corrected chi connectivity index (χ4v) is 1.88. The molecule has 1 aromatic rings. The molecule has 16 heavy (non-hydrogen) atoms.